The van der Waals surface area contributed by atoms with Crippen molar-refractivity contribution >= 4 is 16.0 Å². The normalized spacial score (nSPS) is 19.8. The SMILES string of the molecule is Cc1cc(S(=O)(=O)N2CC(C)(C)C2c2ccncc2)cc(C(=O)O)c1F. The molecule has 1 N–H and O–H groups in total. The third kappa shape index (κ3) is 2.89. The maximum Gasteiger partial charge on any atom is 0.338 e. The second-order valence-electron chi connectivity index (χ2n) is 7.13. The molecule has 1 unspecified atom stereocenters. The predicted molar refractivity (Wildman–Crippen MR) is 92.7 cm³/mol. The summed E-state index contributed by atoms with van der Waals surface area (Å²) in [7, 11) is -3.98. The van der Waals surface area contributed by atoms with Crippen molar-refractivity contribution in [3.8, 4) is 0 Å². The average Bonchev–Trinajstić information content (AvgIpc) is 2.55. The molecule has 3 rings (SSSR count). The quantitative estimate of drug-likeness (QED) is 0.884. The van der Waals surface area contributed by atoms with Gasteiger partial charge in [0, 0.05) is 18.9 Å². The van der Waals surface area contributed by atoms with Crippen LogP contribution in [0.15, 0.2) is 41.6 Å². The summed E-state index contributed by atoms with van der Waals surface area (Å²) in [5.41, 5.74) is -0.163. The first-order chi connectivity index (χ1) is 12.1. The minimum atomic E-state index is -3.98. The Bertz CT molecular complexity index is 974. The molecule has 0 amide bonds. The molecular weight excluding hydrogens is 359 g/mol. The van der Waals surface area contributed by atoms with Gasteiger partial charge in [-0.15, -0.1) is 0 Å². The van der Waals surface area contributed by atoms with Crippen molar-refractivity contribution in [2.45, 2.75) is 31.7 Å². The highest BCUT2D eigenvalue weighted by molar-refractivity contribution is 7.89. The molecule has 1 aromatic heterocycles. The standard InChI is InChI=1S/C18H19FN2O4S/c1-11-8-13(9-14(15(11)19)17(22)23)26(24,25)21-10-18(2,3)16(21)12-4-6-20-7-5-12/h4-9,16H,10H2,1-3H3,(H,22,23). The summed E-state index contributed by atoms with van der Waals surface area (Å²) in [5.74, 6) is -2.43. The van der Waals surface area contributed by atoms with Crippen molar-refractivity contribution in [2.75, 3.05) is 6.54 Å². The molecule has 138 valence electrons. The zero-order chi connectivity index (χ0) is 19.3. The topological polar surface area (TPSA) is 87.6 Å². The highest BCUT2D eigenvalue weighted by Gasteiger charge is 2.52. The number of carbonyl (C=O) groups is 1. The monoisotopic (exact) mass is 378 g/mol. The number of halogens is 1. The van der Waals surface area contributed by atoms with Gasteiger partial charge in [-0.3, -0.25) is 4.98 Å². The van der Waals surface area contributed by atoms with E-state index in [0.717, 1.165) is 11.6 Å². The van der Waals surface area contributed by atoms with Crippen LogP contribution in [0.5, 0.6) is 0 Å². The Labute approximate surface area is 151 Å². The number of pyridine rings is 1. The molecule has 1 aliphatic rings. The van der Waals surface area contributed by atoms with E-state index in [1.165, 1.54) is 17.3 Å². The van der Waals surface area contributed by atoms with Gasteiger partial charge in [-0.05, 0) is 47.7 Å². The first kappa shape index (κ1) is 18.5. The fraction of sp³-hybridized carbons (Fsp3) is 0.333. The summed E-state index contributed by atoms with van der Waals surface area (Å²) in [6.07, 6.45) is 3.19. The van der Waals surface area contributed by atoms with E-state index in [1.807, 2.05) is 13.8 Å². The Hall–Kier alpha value is -2.32. The summed E-state index contributed by atoms with van der Waals surface area (Å²) in [6, 6.07) is 5.16. The smallest absolute Gasteiger partial charge is 0.338 e. The minimum Gasteiger partial charge on any atom is -0.478 e. The molecule has 1 saturated heterocycles. The number of aromatic nitrogens is 1. The number of carboxylic acid groups (broad SMARTS) is 1. The number of hydrogen-bond acceptors (Lipinski definition) is 4. The largest absolute Gasteiger partial charge is 0.478 e. The lowest BCUT2D eigenvalue weighted by molar-refractivity contribution is 0.0197. The van der Waals surface area contributed by atoms with Gasteiger partial charge in [-0.2, -0.15) is 4.31 Å². The number of aryl methyl sites for hydroxylation is 1. The van der Waals surface area contributed by atoms with Crippen LogP contribution in [-0.2, 0) is 10.0 Å². The molecule has 0 aliphatic carbocycles. The van der Waals surface area contributed by atoms with E-state index in [0.29, 0.717) is 0 Å². The molecule has 0 bridgehead atoms. The van der Waals surface area contributed by atoms with Crippen molar-refractivity contribution in [3.05, 3.63) is 59.2 Å². The van der Waals surface area contributed by atoms with E-state index in [1.54, 1.807) is 24.5 Å². The van der Waals surface area contributed by atoms with Crippen LogP contribution < -0.4 is 0 Å². The molecule has 1 fully saturated rings. The number of benzene rings is 1. The highest BCUT2D eigenvalue weighted by atomic mass is 32.2. The molecule has 2 heterocycles. The second-order valence-corrected chi connectivity index (χ2v) is 9.02. The van der Waals surface area contributed by atoms with Gasteiger partial charge in [0.1, 0.15) is 5.82 Å². The van der Waals surface area contributed by atoms with E-state index in [9.17, 15) is 17.6 Å². The van der Waals surface area contributed by atoms with Crippen LogP contribution in [0, 0.1) is 18.2 Å². The van der Waals surface area contributed by atoms with Gasteiger partial charge in [-0.1, -0.05) is 13.8 Å². The third-order valence-electron chi connectivity index (χ3n) is 4.68. The summed E-state index contributed by atoms with van der Waals surface area (Å²) in [6.45, 7) is 5.55. The maximum atomic E-state index is 14.0. The van der Waals surface area contributed by atoms with Gasteiger partial charge in [0.05, 0.1) is 16.5 Å². The van der Waals surface area contributed by atoms with Crippen molar-refractivity contribution in [3.63, 3.8) is 0 Å². The Kier molecular flexibility index (Phi) is 4.36. The van der Waals surface area contributed by atoms with Crippen molar-refractivity contribution in [2.24, 2.45) is 5.41 Å². The van der Waals surface area contributed by atoms with Crippen LogP contribution in [0.1, 0.15) is 41.4 Å². The number of sulfonamides is 1. The maximum absolute atomic E-state index is 14.0. The first-order valence-corrected chi connectivity index (χ1v) is 9.45. The molecule has 1 aromatic carbocycles. The Morgan fingerprint density at radius 3 is 2.46 bits per heavy atom. The Morgan fingerprint density at radius 1 is 1.31 bits per heavy atom. The highest BCUT2D eigenvalue weighted by Crippen LogP contribution is 2.50. The molecule has 2 aromatic rings. The number of rotatable bonds is 4. The first-order valence-electron chi connectivity index (χ1n) is 8.01. The molecule has 8 heteroatoms. The molecule has 1 atom stereocenters. The Balaban J connectivity index is 2.08. The van der Waals surface area contributed by atoms with Crippen LogP contribution in [0.25, 0.3) is 0 Å². The van der Waals surface area contributed by atoms with Crippen LogP contribution in [0.3, 0.4) is 0 Å². The number of nitrogens with zero attached hydrogens (tertiary/aromatic N) is 2. The molecule has 6 nitrogen and oxygen atoms in total. The zero-order valence-corrected chi connectivity index (χ0v) is 15.4. The minimum absolute atomic E-state index is 0.0243. The summed E-state index contributed by atoms with van der Waals surface area (Å²) in [5, 5.41) is 9.15. The second kappa shape index (κ2) is 6.14. The van der Waals surface area contributed by atoms with Gasteiger partial charge in [0.15, 0.2) is 0 Å². The summed E-state index contributed by atoms with van der Waals surface area (Å²) >= 11 is 0. The van der Waals surface area contributed by atoms with E-state index in [-0.39, 0.29) is 22.4 Å². The molecular formula is C18H19FN2O4S. The number of aromatic carboxylic acids is 1. The van der Waals surface area contributed by atoms with Gasteiger partial charge in [0.25, 0.3) is 0 Å². The molecule has 0 spiro atoms. The predicted octanol–water partition coefficient (Wildman–Crippen LogP) is 3.00. The van der Waals surface area contributed by atoms with Gasteiger partial charge < -0.3 is 5.11 Å². The summed E-state index contributed by atoms with van der Waals surface area (Å²) in [4.78, 5) is 15.0. The van der Waals surface area contributed by atoms with E-state index in [2.05, 4.69) is 4.98 Å². The molecule has 0 radical (unpaired) electrons. The van der Waals surface area contributed by atoms with Crippen LogP contribution in [0.2, 0.25) is 0 Å². The van der Waals surface area contributed by atoms with Gasteiger partial charge in [0.2, 0.25) is 10.0 Å². The van der Waals surface area contributed by atoms with Crippen LogP contribution in [0.4, 0.5) is 4.39 Å². The lowest BCUT2D eigenvalue weighted by atomic mass is 9.74. The van der Waals surface area contributed by atoms with Crippen LogP contribution in [-0.4, -0.2) is 35.3 Å². The van der Waals surface area contributed by atoms with Crippen molar-refractivity contribution in [1.29, 1.82) is 0 Å². The van der Waals surface area contributed by atoms with E-state index >= 15 is 0 Å². The number of hydrogen-bond donors (Lipinski definition) is 1. The van der Waals surface area contributed by atoms with Crippen molar-refractivity contribution in [1.82, 2.24) is 9.29 Å². The summed E-state index contributed by atoms with van der Waals surface area (Å²) < 4.78 is 41.5. The molecule has 0 saturated carbocycles. The van der Waals surface area contributed by atoms with Crippen LogP contribution >= 0.6 is 0 Å². The van der Waals surface area contributed by atoms with Crippen molar-refractivity contribution < 1.29 is 22.7 Å². The Morgan fingerprint density at radius 2 is 1.92 bits per heavy atom. The van der Waals surface area contributed by atoms with E-state index < -0.39 is 33.4 Å². The lowest BCUT2D eigenvalue weighted by Crippen LogP contribution is -2.57. The third-order valence-corrected chi connectivity index (χ3v) is 6.47. The van der Waals surface area contributed by atoms with E-state index in [4.69, 9.17) is 5.11 Å². The molecule has 1 aliphatic heterocycles. The number of carboxylic acids is 1. The van der Waals surface area contributed by atoms with Gasteiger partial charge >= 0.3 is 5.97 Å². The fourth-order valence-corrected chi connectivity index (χ4v) is 5.47. The average molecular weight is 378 g/mol. The fourth-order valence-electron chi connectivity index (χ4n) is 3.42. The zero-order valence-electron chi connectivity index (χ0n) is 14.6. The van der Waals surface area contributed by atoms with Gasteiger partial charge in [-0.25, -0.2) is 17.6 Å². The molecule has 26 heavy (non-hydrogen) atoms. The lowest BCUT2D eigenvalue weighted by Gasteiger charge is -2.53.